The van der Waals surface area contributed by atoms with Crippen LogP contribution in [0.15, 0.2) is 42.6 Å². The fraction of sp³-hybridized carbons (Fsp3) is 0. The molecule has 2 rings (SSSR count). The molecule has 2 heteroatoms. The Morgan fingerprint density at radius 3 is 2.45 bits per heavy atom. The van der Waals surface area contributed by atoms with E-state index in [0.717, 1.165) is 5.52 Å². The molecule has 0 N–H and O–H groups in total. The number of para-hydroxylation sites is 1. The average molecular weight is 199 g/mol. The molecular weight excluding hydrogens is 192 g/mol. The fourth-order valence-corrected chi connectivity index (χ4v) is 1.02. The van der Waals surface area contributed by atoms with Crippen molar-refractivity contribution in [2.75, 3.05) is 0 Å². The minimum absolute atomic E-state index is 0. The number of fused-ring (bicyclic) bond motifs is 1. The van der Waals surface area contributed by atoms with Crippen LogP contribution in [0.5, 0.6) is 0 Å². The smallest absolute Gasteiger partial charge is 0.0701 e. The molecule has 0 atom stereocenters. The minimum atomic E-state index is 0. The van der Waals surface area contributed by atoms with Crippen LogP contribution in [0, 0.1) is 0 Å². The molecule has 0 spiro atoms. The molecule has 11 heavy (non-hydrogen) atoms. The summed E-state index contributed by atoms with van der Waals surface area (Å²) in [5.41, 5.74) is 1.06. The Hall–Kier alpha value is -0.734. The van der Waals surface area contributed by atoms with Crippen LogP contribution < -0.4 is 0 Å². The van der Waals surface area contributed by atoms with Crippen LogP contribution >= 0.6 is 0 Å². The maximum Gasteiger partial charge on any atom is 0.0701 e. The van der Waals surface area contributed by atoms with E-state index in [1.54, 1.807) is 0 Å². The van der Waals surface area contributed by atoms with Gasteiger partial charge in [0.05, 0.1) is 5.52 Å². The van der Waals surface area contributed by atoms with Crippen LogP contribution in [0.25, 0.3) is 10.9 Å². The van der Waals surface area contributed by atoms with Gasteiger partial charge in [-0.05, 0) is 12.1 Å². The Balaban J connectivity index is 0.000000605. The summed E-state index contributed by atoms with van der Waals surface area (Å²) in [5.74, 6) is 0. The van der Waals surface area contributed by atoms with E-state index >= 15 is 0 Å². The number of hydrogen-bond acceptors (Lipinski definition) is 1. The van der Waals surface area contributed by atoms with Gasteiger partial charge in [-0.3, -0.25) is 4.98 Å². The van der Waals surface area contributed by atoms with E-state index in [0.29, 0.717) is 0 Å². The maximum absolute atomic E-state index is 4.18. The van der Waals surface area contributed by atoms with Crippen LogP contribution in [0.4, 0.5) is 0 Å². The standard InChI is InChI=1S/C9H7N.Ga/c1-2-6-9-8(4-1)5-3-7-10-9;/h1-7H;. The van der Waals surface area contributed by atoms with Gasteiger partial charge < -0.3 is 0 Å². The van der Waals surface area contributed by atoms with Gasteiger partial charge in [-0.1, -0.05) is 24.3 Å². The molecule has 0 aliphatic rings. The van der Waals surface area contributed by atoms with Gasteiger partial charge in [-0.15, -0.1) is 0 Å². The molecule has 1 nitrogen and oxygen atoms in total. The number of pyridine rings is 1. The predicted octanol–water partition coefficient (Wildman–Crippen LogP) is 1.85. The van der Waals surface area contributed by atoms with Crippen LogP contribution in [-0.4, -0.2) is 24.8 Å². The molecule has 1 aromatic carbocycles. The van der Waals surface area contributed by atoms with Gasteiger partial charge in [0, 0.05) is 31.4 Å². The molecule has 0 bridgehead atoms. The summed E-state index contributed by atoms with van der Waals surface area (Å²) < 4.78 is 0. The molecule has 0 fully saturated rings. The summed E-state index contributed by atoms with van der Waals surface area (Å²) in [6.07, 6.45) is 1.81. The van der Waals surface area contributed by atoms with Crippen molar-refractivity contribution in [1.82, 2.24) is 4.98 Å². The topological polar surface area (TPSA) is 12.9 Å². The third kappa shape index (κ3) is 1.64. The molecule has 51 valence electrons. The van der Waals surface area contributed by atoms with Gasteiger partial charge in [-0.25, -0.2) is 0 Å². The molecular formula is C9H7GaN. The molecule has 1 aromatic heterocycles. The van der Waals surface area contributed by atoms with Crippen molar-refractivity contribution in [3.8, 4) is 0 Å². The molecule has 3 radical (unpaired) electrons. The van der Waals surface area contributed by atoms with E-state index in [4.69, 9.17) is 0 Å². The summed E-state index contributed by atoms with van der Waals surface area (Å²) in [6, 6.07) is 12.1. The number of rotatable bonds is 0. The van der Waals surface area contributed by atoms with Crippen molar-refractivity contribution in [3.05, 3.63) is 42.6 Å². The van der Waals surface area contributed by atoms with E-state index in [1.165, 1.54) is 5.39 Å². The first kappa shape index (κ1) is 8.36. The van der Waals surface area contributed by atoms with Crippen molar-refractivity contribution in [1.29, 1.82) is 0 Å². The largest absolute Gasteiger partial charge is 0.256 e. The zero-order chi connectivity index (χ0) is 6.81. The van der Waals surface area contributed by atoms with Gasteiger partial charge in [0.2, 0.25) is 0 Å². The Morgan fingerprint density at radius 2 is 1.64 bits per heavy atom. The van der Waals surface area contributed by atoms with Crippen LogP contribution in [0.3, 0.4) is 0 Å². The zero-order valence-corrected chi connectivity index (χ0v) is 8.49. The molecule has 0 saturated heterocycles. The summed E-state index contributed by atoms with van der Waals surface area (Å²) in [7, 11) is 0. The van der Waals surface area contributed by atoms with E-state index in [1.807, 2.05) is 30.5 Å². The second-order valence-electron chi connectivity index (χ2n) is 2.20. The Labute approximate surface area is 78.5 Å². The Morgan fingerprint density at radius 1 is 0.909 bits per heavy atom. The first-order valence-electron chi connectivity index (χ1n) is 3.26. The molecule has 0 aliphatic heterocycles. The van der Waals surface area contributed by atoms with Crippen molar-refractivity contribution >= 4 is 30.7 Å². The molecule has 0 aliphatic carbocycles. The van der Waals surface area contributed by atoms with Gasteiger partial charge in [-0.2, -0.15) is 0 Å². The second-order valence-corrected chi connectivity index (χ2v) is 2.20. The van der Waals surface area contributed by atoms with Crippen molar-refractivity contribution in [2.24, 2.45) is 0 Å². The summed E-state index contributed by atoms with van der Waals surface area (Å²) in [5, 5.41) is 1.20. The molecule has 0 saturated carbocycles. The number of benzene rings is 1. The number of aromatic nitrogens is 1. The monoisotopic (exact) mass is 198 g/mol. The fourth-order valence-electron chi connectivity index (χ4n) is 1.02. The summed E-state index contributed by atoms with van der Waals surface area (Å²) in [6.45, 7) is 0. The van der Waals surface area contributed by atoms with E-state index in [2.05, 4.69) is 17.1 Å². The first-order chi connectivity index (χ1) is 4.97. The predicted molar refractivity (Wildman–Crippen MR) is 47.5 cm³/mol. The molecule has 0 amide bonds. The van der Waals surface area contributed by atoms with E-state index in [9.17, 15) is 0 Å². The zero-order valence-electron chi connectivity index (χ0n) is 6.07. The normalized spacial score (nSPS) is 9.09. The van der Waals surface area contributed by atoms with Crippen molar-refractivity contribution in [2.45, 2.75) is 0 Å². The van der Waals surface area contributed by atoms with Crippen LogP contribution in [0.2, 0.25) is 0 Å². The quantitative estimate of drug-likeness (QED) is 0.590. The van der Waals surface area contributed by atoms with Crippen LogP contribution in [-0.2, 0) is 0 Å². The summed E-state index contributed by atoms with van der Waals surface area (Å²) in [4.78, 5) is 4.18. The number of nitrogens with zero attached hydrogens (tertiary/aromatic N) is 1. The summed E-state index contributed by atoms with van der Waals surface area (Å²) >= 11 is 0. The Bertz CT molecular complexity index is 281. The molecule has 2 aromatic rings. The van der Waals surface area contributed by atoms with Gasteiger partial charge in [0.25, 0.3) is 0 Å². The van der Waals surface area contributed by atoms with E-state index < -0.39 is 0 Å². The molecule has 1 heterocycles. The Kier molecular flexibility index (Phi) is 2.74. The second kappa shape index (κ2) is 3.60. The minimum Gasteiger partial charge on any atom is -0.256 e. The van der Waals surface area contributed by atoms with Crippen molar-refractivity contribution in [3.63, 3.8) is 0 Å². The number of hydrogen-bond donors (Lipinski definition) is 0. The third-order valence-electron chi connectivity index (χ3n) is 1.51. The third-order valence-corrected chi connectivity index (χ3v) is 1.51. The van der Waals surface area contributed by atoms with Gasteiger partial charge in [0.1, 0.15) is 0 Å². The van der Waals surface area contributed by atoms with Crippen LogP contribution in [0.1, 0.15) is 0 Å². The van der Waals surface area contributed by atoms with Crippen molar-refractivity contribution < 1.29 is 0 Å². The first-order valence-corrected chi connectivity index (χ1v) is 3.26. The average Bonchev–Trinajstić information content (AvgIpc) is 2.05. The maximum atomic E-state index is 4.18. The van der Waals surface area contributed by atoms with E-state index in [-0.39, 0.29) is 19.8 Å². The van der Waals surface area contributed by atoms with Gasteiger partial charge in [0.15, 0.2) is 0 Å². The van der Waals surface area contributed by atoms with Gasteiger partial charge >= 0.3 is 0 Å². The SMILES string of the molecule is [Ga].c1ccc2ncccc2c1. The molecule has 0 unspecified atom stereocenters.